The second-order valence-electron chi connectivity index (χ2n) is 7.29. The first-order valence-electron chi connectivity index (χ1n) is 8.80. The molecule has 0 amide bonds. The highest BCUT2D eigenvalue weighted by Gasteiger charge is 2.16. The Bertz CT molecular complexity index is 862. The van der Waals surface area contributed by atoms with E-state index in [9.17, 15) is 4.39 Å². The van der Waals surface area contributed by atoms with Crippen molar-refractivity contribution in [3.8, 4) is 11.4 Å². The Morgan fingerprint density at radius 3 is 2.19 bits per heavy atom. The number of rotatable bonds is 5. The fourth-order valence-corrected chi connectivity index (χ4v) is 3.70. The van der Waals surface area contributed by atoms with Crippen LogP contribution in [0.2, 0.25) is 0 Å². The maximum atomic E-state index is 13.0. The SMILES string of the molecule is CCn1c(SCc2ccc(F)cc2)nnc1-c1ccc(C(C)(C)C)cc1. The van der Waals surface area contributed by atoms with Crippen molar-refractivity contribution in [2.45, 2.75) is 50.6 Å². The highest BCUT2D eigenvalue weighted by Crippen LogP contribution is 2.28. The van der Waals surface area contributed by atoms with Gasteiger partial charge in [0.2, 0.25) is 0 Å². The molecular weight excluding hydrogens is 345 g/mol. The third-order valence-electron chi connectivity index (χ3n) is 4.32. The summed E-state index contributed by atoms with van der Waals surface area (Å²) in [5, 5.41) is 9.66. The summed E-state index contributed by atoms with van der Waals surface area (Å²) in [6, 6.07) is 15.1. The standard InChI is InChI=1S/C21H24FN3S/c1-5-25-19(16-8-10-17(11-9-16)21(2,3)4)23-24-20(25)26-14-15-6-12-18(22)13-7-15/h6-13H,5,14H2,1-4H3. The lowest BCUT2D eigenvalue weighted by atomic mass is 9.87. The molecular formula is C21H24FN3S. The number of aromatic nitrogens is 3. The van der Waals surface area contributed by atoms with Crippen molar-refractivity contribution in [1.82, 2.24) is 14.8 Å². The molecule has 26 heavy (non-hydrogen) atoms. The van der Waals surface area contributed by atoms with Crippen LogP contribution in [0.3, 0.4) is 0 Å². The van der Waals surface area contributed by atoms with Gasteiger partial charge in [-0.2, -0.15) is 0 Å². The van der Waals surface area contributed by atoms with Gasteiger partial charge in [-0.05, 0) is 35.6 Å². The van der Waals surface area contributed by atoms with Crippen molar-refractivity contribution >= 4 is 11.8 Å². The van der Waals surface area contributed by atoms with Crippen molar-refractivity contribution in [3.63, 3.8) is 0 Å². The first kappa shape index (κ1) is 18.6. The van der Waals surface area contributed by atoms with E-state index in [1.54, 1.807) is 23.9 Å². The molecule has 0 saturated carbocycles. The van der Waals surface area contributed by atoms with E-state index in [-0.39, 0.29) is 11.2 Å². The second-order valence-corrected chi connectivity index (χ2v) is 8.24. The van der Waals surface area contributed by atoms with Gasteiger partial charge >= 0.3 is 0 Å². The van der Waals surface area contributed by atoms with Crippen LogP contribution in [0.1, 0.15) is 38.8 Å². The zero-order valence-electron chi connectivity index (χ0n) is 15.7. The van der Waals surface area contributed by atoms with Crippen LogP contribution in [-0.4, -0.2) is 14.8 Å². The molecule has 0 atom stereocenters. The van der Waals surface area contributed by atoms with Crippen molar-refractivity contribution in [2.75, 3.05) is 0 Å². The Balaban J connectivity index is 1.80. The molecule has 0 aliphatic carbocycles. The first-order chi connectivity index (χ1) is 12.4. The molecule has 3 rings (SSSR count). The van der Waals surface area contributed by atoms with Gasteiger partial charge in [0.25, 0.3) is 0 Å². The molecule has 0 saturated heterocycles. The summed E-state index contributed by atoms with van der Waals surface area (Å²) < 4.78 is 15.2. The quantitative estimate of drug-likeness (QED) is 0.541. The first-order valence-corrected chi connectivity index (χ1v) is 9.78. The third kappa shape index (κ3) is 4.15. The highest BCUT2D eigenvalue weighted by atomic mass is 32.2. The summed E-state index contributed by atoms with van der Waals surface area (Å²) in [5.74, 6) is 1.41. The molecule has 0 aliphatic rings. The molecule has 0 N–H and O–H groups in total. The smallest absolute Gasteiger partial charge is 0.191 e. The number of hydrogen-bond acceptors (Lipinski definition) is 3. The van der Waals surface area contributed by atoms with Crippen molar-refractivity contribution < 1.29 is 4.39 Å². The van der Waals surface area contributed by atoms with Crippen LogP contribution >= 0.6 is 11.8 Å². The Morgan fingerprint density at radius 2 is 1.62 bits per heavy atom. The minimum absolute atomic E-state index is 0.132. The van der Waals surface area contributed by atoms with Crippen LogP contribution in [-0.2, 0) is 17.7 Å². The largest absolute Gasteiger partial charge is 0.302 e. The van der Waals surface area contributed by atoms with E-state index in [1.165, 1.54) is 17.7 Å². The van der Waals surface area contributed by atoms with E-state index >= 15 is 0 Å². The lowest BCUT2D eigenvalue weighted by Crippen LogP contribution is -2.10. The number of thioether (sulfide) groups is 1. The van der Waals surface area contributed by atoms with Crippen LogP contribution in [0, 0.1) is 5.82 Å². The summed E-state index contributed by atoms with van der Waals surface area (Å²) in [6.45, 7) is 9.52. The van der Waals surface area contributed by atoms with Gasteiger partial charge in [-0.1, -0.05) is 68.9 Å². The minimum Gasteiger partial charge on any atom is -0.302 e. The van der Waals surface area contributed by atoms with Gasteiger partial charge in [0.15, 0.2) is 11.0 Å². The Morgan fingerprint density at radius 1 is 0.962 bits per heavy atom. The average molecular weight is 370 g/mol. The predicted octanol–water partition coefficient (Wildman–Crippen LogP) is 5.69. The molecule has 0 fully saturated rings. The number of hydrogen-bond donors (Lipinski definition) is 0. The van der Waals surface area contributed by atoms with Crippen LogP contribution in [0.15, 0.2) is 53.7 Å². The molecule has 0 bridgehead atoms. The van der Waals surface area contributed by atoms with E-state index in [2.05, 4.69) is 66.7 Å². The van der Waals surface area contributed by atoms with Crippen LogP contribution in [0.25, 0.3) is 11.4 Å². The van der Waals surface area contributed by atoms with Gasteiger partial charge < -0.3 is 4.57 Å². The van der Waals surface area contributed by atoms with Gasteiger partial charge in [-0.15, -0.1) is 10.2 Å². The van der Waals surface area contributed by atoms with Crippen LogP contribution < -0.4 is 0 Å². The maximum Gasteiger partial charge on any atom is 0.191 e. The number of halogens is 1. The van der Waals surface area contributed by atoms with Gasteiger partial charge in [0, 0.05) is 17.9 Å². The second kappa shape index (κ2) is 7.62. The monoisotopic (exact) mass is 369 g/mol. The zero-order chi connectivity index (χ0) is 18.7. The van der Waals surface area contributed by atoms with Crippen LogP contribution in [0.4, 0.5) is 4.39 Å². The maximum absolute atomic E-state index is 13.0. The lowest BCUT2D eigenvalue weighted by Gasteiger charge is -2.19. The van der Waals surface area contributed by atoms with Gasteiger partial charge in [0.05, 0.1) is 0 Å². The van der Waals surface area contributed by atoms with Gasteiger partial charge in [-0.3, -0.25) is 0 Å². The molecule has 0 spiro atoms. The highest BCUT2D eigenvalue weighted by molar-refractivity contribution is 7.98. The number of benzene rings is 2. The summed E-state index contributed by atoms with van der Waals surface area (Å²) in [5.41, 5.74) is 3.57. The molecule has 0 aliphatic heterocycles. The Kier molecular flexibility index (Phi) is 5.47. The fraction of sp³-hybridized carbons (Fsp3) is 0.333. The fourth-order valence-electron chi connectivity index (χ4n) is 2.74. The number of nitrogens with zero attached hydrogens (tertiary/aromatic N) is 3. The predicted molar refractivity (Wildman–Crippen MR) is 106 cm³/mol. The average Bonchev–Trinajstić information content (AvgIpc) is 3.03. The van der Waals surface area contributed by atoms with E-state index in [4.69, 9.17) is 0 Å². The Labute approximate surface area is 158 Å². The van der Waals surface area contributed by atoms with Crippen molar-refractivity contribution in [1.29, 1.82) is 0 Å². The minimum atomic E-state index is -0.212. The third-order valence-corrected chi connectivity index (χ3v) is 5.36. The summed E-state index contributed by atoms with van der Waals surface area (Å²) in [6.07, 6.45) is 0. The molecule has 3 nitrogen and oxygen atoms in total. The normalized spacial score (nSPS) is 11.7. The molecule has 2 aromatic carbocycles. The molecule has 5 heteroatoms. The molecule has 0 unspecified atom stereocenters. The van der Waals surface area contributed by atoms with Gasteiger partial charge in [0.1, 0.15) is 5.82 Å². The van der Waals surface area contributed by atoms with Crippen molar-refractivity contribution in [3.05, 3.63) is 65.5 Å². The van der Waals surface area contributed by atoms with E-state index < -0.39 is 0 Å². The molecule has 1 aromatic heterocycles. The topological polar surface area (TPSA) is 30.7 Å². The summed E-state index contributed by atoms with van der Waals surface area (Å²) >= 11 is 1.62. The van der Waals surface area contributed by atoms with E-state index in [0.717, 1.165) is 34.4 Å². The van der Waals surface area contributed by atoms with Crippen LogP contribution in [0.5, 0.6) is 0 Å². The molecule has 0 radical (unpaired) electrons. The summed E-state index contributed by atoms with van der Waals surface area (Å²) in [4.78, 5) is 0. The molecule has 136 valence electrons. The molecule has 1 heterocycles. The van der Waals surface area contributed by atoms with Gasteiger partial charge in [-0.25, -0.2) is 4.39 Å². The lowest BCUT2D eigenvalue weighted by molar-refractivity contribution is 0.590. The summed E-state index contributed by atoms with van der Waals surface area (Å²) in [7, 11) is 0. The van der Waals surface area contributed by atoms with E-state index in [1.807, 2.05) is 0 Å². The Hall–Kier alpha value is -2.14. The van der Waals surface area contributed by atoms with Crippen molar-refractivity contribution in [2.24, 2.45) is 0 Å². The zero-order valence-corrected chi connectivity index (χ0v) is 16.5. The van der Waals surface area contributed by atoms with E-state index in [0.29, 0.717) is 0 Å². The molecule has 3 aromatic rings.